The van der Waals surface area contributed by atoms with E-state index in [1.807, 2.05) is 32.1 Å². The average Bonchev–Trinajstić information content (AvgIpc) is 3.20. The van der Waals surface area contributed by atoms with Crippen molar-refractivity contribution >= 4 is 38.6 Å². The standard InChI is InChI=1S/C18H18N2O3S/c1-8-5-12-13(6-9(8)2)24-18(19-12)20-16(21)14-10-3-4-11(7-10)15(14)17(22)23/h3-6,10-11,14-15H,7H2,1-2H3,(H,22,23)(H,19,20,21)/t10-,11-,14+,15-/m0/s1. The normalized spacial score (nSPS) is 27.8. The Kier molecular flexibility index (Phi) is 3.46. The van der Waals surface area contributed by atoms with Crippen LogP contribution in [0.25, 0.3) is 10.2 Å². The molecule has 1 heterocycles. The van der Waals surface area contributed by atoms with E-state index >= 15 is 0 Å². The molecule has 2 aliphatic rings. The Bertz CT molecular complexity index is 847. The van der Waals surface area contributed by atoms with Gasteiger partial charge in [-0.1, -0.05) is 23.5 Å². The molecule has 1 saturated carbocycles. The van der Waals surface area contributed by atoms with Crippen LogP contribution in [0.4, 0.5) is 5.13 Å². The first kappa shape index (κ1) is 15.3. The van der Waals surface area contributed by atoms with Crippen LogP contribution in [0.5, 0.6) is 0 Å². The molecule has 2 aromatic rings. The molecule has 1 aromatic carbocycles. The number of carboxylic acids is 1. The molecule has 0 saturated heterocycles. The molecule has 2 N–H and O–H groups in total. The van der Waals surface area contributed by atoms with Gasteiger partial charge in [0.05, 0.1) is 22.1 Å². The van der Waals surface area contributed by atoms with Gasteiger partial charge in [-0.15, -0.1) is 0 Å². The Morgan fingerprint density at radius 3 is 2.54 bits per heavy atom. The second kappa shape index (κ2) is 5.41. The Balaban J connectivity index is 1.60. The maximum atomic E-state index is 12.7. The van der Waals surface area contributed by atoms with Gasteiger partial charge in [-0.2, -0.15) is 0 Å². The summed E-state index contributed by atoms with van der Waals surface area (Å²) in [5, 5.41) is 12.9. The molecule has 1 fully saturated rings. The number of amides is 1. The van der Waals surface area contributed by atoms with Crippen molar-refractivity contribution in [2.24, 2.45) is 23.7 Å². The molecule has 1 aromatic heterocycles. The van der Waals surface area contributed by atoms with Crippen LogP contribution in [0, 0.1) is 37.5 Å². The van der Waals surface area contributed by atoms with Gasteiger partial charge in [-0.05, 0) is 55.4 Å². The third-order valence-corrected chi connectivity index (χ3v) is 6.21. The van der Waals surface area contributed by atoms with Gasteiger partial charge in [0.15, 0.2) is 5.13 Å². The number of benzene rings is 1. The Morgan fingerprint density at radius 2 is 1.83 bits per heavy atom. The molecule has 2 aliphatic carbocycles. The monoisotopic (exact) mass is 342 g/mol. The zero-order valence-corrected chi connectivity index (χ0v) is 14.3. The molecule has 4 atom stereocenters. The number of rotatable bonds is 3. The number of anilines is 1. The van der Waals surface area contributed by atoms with Crippen LogP contribution < -0.4 is 5.32 Å². The second-order valence-corrected chi connectivity index (χ2v) is 7.78. The number of carbonyl (C=O) groups excluding carboxylic acids is 1. The fourth-order valence-corrected chi connectivity index (χ4v) is 4.89. The summed E-state index contributed by atoms with van der Waals surface area (Å²) in [7, 11) is 0. The summed E-state index contributed by atoms with van der Waals surface area (Å²) in [6.07, 6.45) is 4.68. The Morgan fingerprint density at radius 1 is 1.17 bits per heavy atom. The number of nitrogens with zero attached hydrogens (tertiary/aromatic N) is 1. The van der Waals surface area contributed by atoms with Crippen molar-refractivity contribution in [1.82, 2.24) is 4.98 Å². The minimum atomic E-state index is -0.887. The van der Waals surface area contributed by atoms with Crippen LogP contribution >= 0.6 is 11.3 Å². The average molecular weight is 342 g/mol. The van der Waals surface area contributed by atoms with Gasteiger partial charge in [-0.3, -0.25) is 9.59 Å². The van der Waals surface area contributed by atoms with E-state index in [2.05, 4.69) is 16.4 Å². The number of carboxylic acid groups (broad SMARTS) is 1. The number of fused-ring (bicyclic) bond motifs is 3. The predicted octanol–water partition coefficient (Wildman–Crippen LogP) is 3.37. The number of aryl methyl sites for hydroxylation is 2. The highest BCUT2D eigenvalue weighted by atomic mass is 32.1. The van der Waals surface area contributed by atoms with Crippen molar-refractivity contribution in [3.8, 4) is 0 Å². The molecule has 4 rings (SSSR count). The highest BCUT2D eigenvalue weighted by molar-refractivity contribution is 7.22. The first-order chi connectivity index (χ1) is 11.4. The van der Waals surface area contributed by atoms with E-state index < -0.39 is 17.8 Å². The first-order valence-electron chi connectivity index (χ1n) is 8.04. The molecular formula is C18H18N2O3S. The third kappa shape index (κ3) is 2.33. The number of hydrogen-bond acceptors (Lipinski definition) is 4. The topological polar surface area (TPSA) is 79.3 Å². The van der Waals surface area contributed by atoms with E-state index in [0.717, 1.165) is 22.2 Å². The Labute approximate surface area is 143 Å². The maximum absolute atomic E-state index is 12.7. The van der Waals surface area contributed by atoms with Gasteiger partial charge in [0.2, 0.25) is 5.91 Å². The smallest absolute Gasteiger partial charge is 0.307 e. The van der Waals surface area contributed by atoms with Gasteiger partial charge in [0.25, 0.3) is 0 Å². The highest BCUT2D eigenvalue weighted by Gasteiger charge is 2.51. The third-order valence-electron chi connectivity index (χ3n) is 5.28. The van der Waals surface area contributed by atoms with Gasteiger partial charge in [-0.25, -0.2) is 4.98 Å². The van der Waals surface area contributed by atoms with Crippen molar-refractivity contribution in [3.05, 3.63) is 35.4 Å². The number of carbonyl (C=O) groups is 2. The molecule has 24 heavy (non-hydrogen) atoms. The summed E-state index contributed by atoms with van der Waals surface area (Å²) in [5.74, 6) is -2.25. The van der Waals surface area contributed by atoms with E-state index in [0.29, 0.717) is 5.13 Å². The fraction of sp³-hybridized carbons (Fsp3) is 0.389. The fourth-order valence-electron chi connectivity index (χ4n) is 3.94. The van der Waals surface area contributed by atoms with Crippen LogP contribution in [0.15, 0.2) is 24.3 Å². The lowest BCUT2D eigenvalue weighted by Crippen LogP contribution is -2.36. The number of thiazole rings is 1. The van der Waals surface area contributed by atoms with Crippen LogP contribution in [0.1, 0.15) is 17.5 Å². The maximum Gasteiger partial charge on any atom is 0.307 e. The quantitative estimate of drug-likeness (QED) is 0.838. The van der Waals surface area contributed by atoms with Crippen molar-refractivity contribution in [1.29, 1.82) is 0 Å². The molecule has 5 nitrogen and oxygen atoms in total. The van der Waals surface area contributed by atoms with Crippen molar-refractivity contribution in [2.45, 2.75) is 20.3 Å². The lowest BCUT2D eigenvalue weighted by Gasteiger charge is -2.23. The van der Waals surface area contributed by atoms with E-state index in [-0.39, 0.29) is 17.7 Å². The van der Waals surface area contributed by atoms with E-state index in [9.17, 15) is 14.7 Å². The Hall–Kier alpha value is -2.21. The number of aliphatic carboxylic acids is 1. The van der Waals surface area contributed by atoms with Crippen LogP contribution in [-0.2, 0) is 9.59 Å². The summed E-state index contributed by atoms with van der Waals surface area (Å²) in [6.45, 7) is 4.08. The summed E-state index contributed by atoms with van der Waals surface area (Å²) >= 11 is 1.43. The zero-order valence-electron chi connectivity index (χ0n) is 13.4. The van der Waals surface area contributed by atoms with Crippen LogP contribution in [0.3, 0.4) is 0 Å². The molecule has 0 unspecified atom stereocenters. The minimum Gasteiger partial charge on any atom is -0.481 e. The minimum absolute atomic E-state index is 0.0231. The molecule has 0 aliphatic heterocycles. The lowest BCUT2D eigenvalue weighted by molar-refractivity contribution is -0.146. The van der Waals surface area contributed by atoms with E-state index in [4.69, 9.17) is 0 Å². The molecule has 0 radical (unpaired) electrons. The second-order valence-electron chi connectivity index (χ2n) is 6.75. The lowest BCUT2D eigenvalue weighted by atomic mass is 9.82. The van der Waals surface area contributed by atoms with E-state index in [1.54, 1.807) is 0 Å². The largest absolute Gasteiger partial charge is 0.481 e. The van der Waals surface area contributed by atoms with Crippen molar-refractivity contribution in [2.75, 3.05) is 5.32 Å². The summed E-state index contributed by atoms with van der Waals surface area (Å²) in [6, 6.07) is 4.08. The molecule has 6 heteroatoms. The number of hydrogen-bond donors (Lipinski definition) is 2. The van der Waals surface area contributed by atoms with Gasteiger partial charge < -0.3 is 10.4 Å². The molecule has 1 amide bonds. The van der Waals surface area contributed by atoms with Gasteiger partial charge in [0, 0.05) is 0 Å². The number of nitrogens with one attached hydrogen (secondary N) is 1. The molecule has 0 spiro atoms. The highest BCUT2D eigenvalue weighted by Crippen LogP contribution is 2.48. The van der Waals surface area contributed by atoms with Crippen LogP contribution in [-0.4, -0.2) is 22.0 Å². The van der Waals surface area contributed by atoms with E-state index in [1.165, 1.54) is 16.9 Å². The zero-order chi connectivity index (χ0) is 17.0. The van der Waals surface area contributed by atoms with Gasteiger partial charge >= 0.3 is 5.97 Å². The molecular weight excluding hydrogens is 324 g/mol. The summed E-state index contributed by atoms with van der Waals surface area (Å²) < 4.78 is 1.02. The first-order valence-corrected chi connectivity index (χ1v) is 8.85. The number of allylic oxidation sites excluding steroid dienone is 2. The van der Waals surface area contributed by atoms with Crippen molar-refractivity contribution in [3.63, 3.8) is 0 Å². The summed E-state index contributed by atoms with van der Waals surface area (Å²) in [5.41, 5.74) is 3.21. The SMILES string of the molecule is Cc1cc2nc(NC(=O)[C@H]3[C@@H](C(=O)O)[C@H]4C=C[C@H]3C4)sc2cc1C. The molecule has 2 bridgehead atoms. The van der Waals surface area contributed by atoms with Crippen LogP contribution in [0.2, 0.25) is 0 Å². The molecule has 124 valence electrons. The van der Waals surface area contributed by atoms with Crippen molar-refractivity contribution < 1.29 is 14.7 Å². The predicted molar refractivity (Wildman–Crippen MR) is 93.1 cm³/mol. The summed E-state index contributed by atoms with van der Waals surface area (Å²) in [4.78, 5) is 28.7. The van der Waals surface area contributed by atoms with Gasteiger partial charge in [0.1, 0.15) is 0 Å². The number of aromatic nitrogens is 1.